The first-order chi connectivity index (χ1) is 12.4. The second-order valence-electron chi connectivity index (χ2n) is 5.98. The lowest BCUT2D eigenvalue weighted by Crippen LogP contribution is -2.14. The van der Waals surface area contributed by atoms with Crippen molar-refractivity contribution < 1.29 is 13.6 Å². The third-order valence-corrected chi connectivity index (χ3v) is 3.71. The fraction of sp³-hybridized carbons (Fsp3) is 0.100. The number of amides is 1. The van der Waals surface area contributed by atoms with E-state index in [2.05, 4.69) is 15.6 Å². The second kappa shape index (κ2) is 7.31. The van der Waals surface area contributed by atoms with E-state index in [4.69, 9.17) is 0 Å². The molecule has 0 bridgehead atoms. The van der Waals surface area contributed by atoms with Crippen molar-refractivity contribution in [3.63, 3.8) is 0 Å². The Morgan fingerprint density at radius 1 is 0.923 bits per heavy atom. The van der Waals surface area contributed by atoms with E-state index in [0.29, 0.717) is 11.4 Å². The highest BCUT2D eigenvalue weighted by Crippen LogP contribution is 2.23. The number of pyridine rings is 1. The molecule has 0 radical (unpaired) electrons. The zero-order chi connectivity index (χ0) is 18.7. The van der Waals surface area contributed by atoms with Gasteiger partial charge in [-0.05, 0) is 61.4 Å². The maximum atomic E-state index is 13.7. The maximum Gasteiger partial charge on any atom is 0.274 e. The van der Waals surface area contributed by atoms with Crippen molar-refractivity contribution in [2.24, 2.45) is 0 Å². The fourth-order valence-electron chi connectivity index (χ4n) is 2.61. The molecule has 1 aromatic heterocycles. The van der Waals surface area contributed by atoms with Crippen LogP contribution in [-0.4, -0.2) is 10.9 Å². The minimum atomic E-state index is -0.707. The fourth-order valence-corrected chi connectivity index (χ4v) is 2.61. The van der Waals surface area contributed by atoms with E-state index < -0.39 is 11.6 Å². The van der Waals surface area contributed by atoms with Gasteiger partial charge in [0.2, 0.25) is 0 Å². The summed E-state index contributed by atoms with van der Waals surface area (Å²) in [5.41, 5.74) is 3.08. The summed E-state index contributed by atoms with van der Waals surface area (Å²) in [6, 6.07) is 12.4. The summed E-state index contributed by atoms with van der Waals surface area (Å²) in [4.78, 5) is 16.4. The molecular formula is C20H17F2N3O. The number of anilines is 3. The molecule has 0 aliphatic heterocycles. The largest absolute Gasteiger partial charge is 0.349 e. The quantitative estimate of drug-likeness (QED) is 0.696. The lowest BCUT2D eigenvalue weighted by Gasteiger charge is -2.10. The van der Waals surface area contributed by atoms with Crippen LogP contribution in [-0.2, 0) is 0 Å². The molecule has 0 aliphatic carbocycles. The van der Waals surface area contributed by atoms with Crippen LogP contribution in [0.1, 0.15) is 21.6 Å². The van der Waals surface area contributed by atoms with Crippen LogP contribution in [0.15, 0.2) is 54.7 Å². The van der Waals surface area contributed by atoms with Crippen LogP contribution >= 0.6 is 0 Å². The SMILES string of the molecule is Cc1cc(C)cc(NC(=O)c2ccc(Nc3c(F)cccc3F)cn2)c1. The molecule has 3 rings (SSSR count). The molecule has 2 N–H and O–H groups in total. The number of para-hydroxylation sites is 1. The summed E-state index contributed by atoms with van der Waals surface area (Å²) in [5.74, 6) is -1.78. The van der Waals surface area contributed by atoms with Gasteiger partial charge in [0.1, 0.15) is 23.0 Å². The van der Waals surface area contributed by atoms with Gasteiger partial charge in [-0.2, -0.15) is 0 Å². The van der Waals surface area contributed by atoms with Gasteiger partial charge in [0.05, 0.1) is 11.9 Å². The minimum Gasteiger partial charge on any atom is -0.349 e. The average Bonchev–Trinajstić information content (AvgIpc) is 2.58. The Hall–Kier alpha value is -3.28. The molecule has 2 aromatic carbocycles. The zero-order valence-electron chi connectivity index (χ0n) is 14.3. The molecule has 0 spiro atoms. The van der Waals surface area contributed by atoms with E-state index in [1.807, 2.05) is 32.0 Å². The predicted octanol–water partition coefficient (Wildman–Crippen LogP) is 4.97. The number of aromatic nitrogens is 1. The van der Waals surface area contributed by atoms with Crippen molar-refractivity contribution in [3.05, 3.63) is 83.2 Å². The summed E-state index contributed by atoms with van der Waals surface area (Å²) in [7, 11) is 0. The van der Waals surface area contributed by atoms with Crippen molar-refractivity contribution in [1.29, 1.82) is 0 Å². The van der Waals surface area contributed by atoms with Gasteiger partial charge < -0.3 is 10.6 Å². The number of aryl methyl sites for hydroxylation is 2. The van der Waals surface area contributed by atoms with Gasteiger partial charge in [0, 0.05) is 5.69 Å². The van der Waals surface area contributed by atoms with Crippen molar-refractivity contribution >= 4 is 23.0 Å². The molecule has 3 aromatic rings. The normalized spacial score (nSPS) is 10.5. The molecule has 0 fully saturated rings. The summed E-state index contributed by atoms with van der Waals surface area (Å²) < 4.78 is 27.3. The Bertz CT molecular complexity index is 915. The average molecular weight is 353 g/mol. The van der Waals surface area contributed by atoms with Gasteiger partial charge in [-0.15, -0.1) is 0 Å². The summed E-state index contributed by atoms with van der Waals surface area (Å²) >= 11 is 0. The monoisotopic (exact) mass is 353 g/mol. The molecular weight excluding hydrogens is 336 g/mol. The number of carbonyl (C=O) groups is 1. The molecule has 1 heterocycles. The second-order valence-corrected chi connectivity index (χ2v) is 5.98. The third kappa shape index (κ3) is 4.03. The van der Waals surface area contributed by atoms with Gasteiger partial charge >= 0.3 is 0 Å². The van der Waals surface area contributed by atoms with Crippen molar-refractivity contribution in [1.82, 2.24) is 4.98 Å². The first kappa shape index (κ1) is 17.5. The van der Waals surface area contributed by atoms with E-state index in [9.17, 15) is 13.6 Å². The smallest absolute Gasteiger partial charge is 0.274 e. The highest BCUT2D eigenvalue weighted by molar-refractivity contribution is 6.03. The molecule has 0 aliphatic rings. The number of benzene rings is 2. The van der Waals surface area contributed by atoms with E-state index in [1.54, 1.807) is 0 Å². The predicted molar refractivity (Wildman–Crippen MR) is 97.7 cm³/mol. The Kier molecular flexibility index (Phi) is 4.93. The van der Waals surface area contributed by atoms with Crippen molar-refractivity contribution in [2.45, 2.75) is 13.8 Å². The number of hydrogen-bond acceptors (Lipinski definition) is 3. The van der Waals surface area contributed by atoms with Crippen LogP contribution in [0.3, 0.4) is 0 Å². The topological polar surface area (TPSA) is 54.0 Å². The third-order valence-electron chi connectivity index (χ3n) is 3.71. The minimum absolute atomic E-state index is 0.198. The zero-order valence-corrected chi connectivity index (χ0v) is 14.3. The Balaban J connectivity index is 1.73. The van der Waals surface area contributed by atoms with Gasteiger partial charge in [-0.1, -0.05) is 12.1 Å². The van der Waals surface area contributed by atoms with Crippen molar-refractivity contribution in [2.75, 3.05) is 10.6 Å². The Morgan fingerprint density at radius 3 is 2.15 bits per heavy atom. The van der Waals surface area contributed by atoms with Crippen LogP contribution in [0.4, 0.5) is 25.8 Å². The number of hydrogen-bond donors (Lipinski definition) is 2. The molecule has 0 saturated heterocycles. The summed E-state index contributed by atoms with van der Waals surface area (Å²) in [5, 5.41) is 5.41. The number of halogens is 2. The number of carbonyl (C=O) groups excluding carboxylic acids is 1. The lowest BCUT2D eigenvalue weighted by atomic mass is 10.1. The highest BCUT2D eigenvalue weighted by atomic mass is 19.1. The van der Waals surface area contributed by atoms with Gasteiger partial charge in [0.25, 0.3) is 5.91 Å². The Labute approximate surface area is 149 Å². The first-order valence-electron chi connectivity index (χ1n) is 7.99. The van der Waals surface area contributed by atoms with E-state index in [1.165, 1.54) is 24.4 Å². The molecule has 6 heteroatoms. The first-order valence-corrected chi connectivity index (χ1v) is 7.99. The molecule has 1 amide bonds. The molecule has 26 heavy (non-hydrogen) atoms. The van der Waals surface area contributed by atoms with E-state index >= 15 is 0 Å². The molecule has 4 nitrogen and oxygen atoms in total. The van der Waals surface area contributed by atoms with E-state index in [0.717, 1.165) is 23.3 Å². The van der Waals surface area contributed by atoms with Crippen LogP contribution < -0.4 is 10.6 Å². The van der Waals surface area contributed by atoms with Crippen LogP contribution in [0, 0.1) is 25.5 Å². The molecule has 0 saturated carbocycles. The van der Waals surface area contributed by atoms with Gasteiger partial charge in [0.15, 0.2) is 0 Å². The van der Waals surface area contributed by atoms with Crippen molar-refractivity contribution in [3.8, 4) is 0 Å². The summed E-state index contributed by atoms with van der Waals surface area (Å²) in [6.07, 6.45) is 1.35. The van der Waals surface area contributed by atoms with Crippen LogP contribution in [0.25, 0.3) is 0 Å². The van der Waals surface area contributed by atoms with Crippen LogP contribution in [0.5, 0.6) is 0 Å². The standard InChI is InChI=1S/C20H17F2N3O/c1-12-8-13(2)10-15(9-12)25-20(26)18-7-6-14(11-23-18)24-19-16(21)4-3-5-17(19)22/h3-11,24H,1-2H3,(H,25,26). The van der Waals surface area contributed by atoms with Gasteiger partial charge in [-0.3, -0.25) is 4.79 Å². The Morgan fingerprint density at radius 2 is 1.58 bits per heavy atom. The highest BCUT2D eigenvalue weighted by Gasteiger charge is 2.11. The number of rotatable bonds is 4. The maximum absolute atomic E-state index is 13.7. The molecule has 132 valence electrons. The number of nitrogens with zero attached hydrogens (tertiary/aromatic N) is 1. The van der Waals surface area contributed by atoms with Gasteiger partial charge in [-0.25, -0.2) is 13.8 Å². The lowest BCUT2D eigenvalue weighted by molar-refractivity contribution is 0.102. The molecule has 0 unspecified atom stereocenters. The summed E-state index contributed by atoms with van der Waals surface area (Å²) in [6.45, 7) is 3.90. The van der Waals surface area contributed by atoms with E-state index in [-0.39, 0.29) is 17.3 Å². The molecule has 0 atom stereocenters. The van der Waals surface area contributed by atoms with Crippen LogP contribution in [0.2, 0.25) is 0 Å². The number of nitrogens with one attached hydrogen (secondary N) is 2.